The van der Waals surface area contributed by atoms with Crippen molar-refractivity contribution in [1.29, 1.82) is 0 Å². The van der Waals surface area contributed by atoms with Crippen molar-refractivity contribution in [1.82, 2.24) is 20.2 Å². The Morgan fingerprint density at radius 1 is 1.07 bits per heavy atom. The highest BCUT2D eigenvalue weighted by molar-refractivity contribution is 5.92. The molecule has 1 aliphatic heterocycles. The molecule has 1 aliphatic rings. The summed E-state index contributed by atoms with van der Waals surface area (Å²) >= 11 is 0. The van der Waals surface area contributed by atoms with E-state index in [1.165, 1.54) is 10.4 Å². The van der Waals surface area contributed by atoms with Crippen LogP contribution >= 0.6 is 0 Å². The van der Waals surface area contributed by atoms with Gasteiger partial charge in [0.1, 0.15) is 6.54 Å². The Balaban J connectivity index is 1.56. The first-order valence-electron chi connectivity index (χ1n) is 8.88. The van der Waals surface area contributed by atoms with E-state index < -0.39 is 0 Å². The number of anilines is 1. The average Bonchev–Trinajstić information content (AvgIpc) is 3.20. The second-order valence-corrected chi connectivity index (χ2v) is 7.21. The highest BCUT2D eigenvalue weighted by Crippen LogP contribution is 2.46. The van der Waals surface area contributed by atoms with E-state index in [1.54, 1.807) is 6.08 Å². The van der Waals surface area contributed by atoms with E-state index in [0.29, 0.717) is 5.82 Å². The van der Waals surface area contributed by atoms with Crippen LogP contribution in [0.4, 0.5) is 5.69 Å². The van der Waals surface area contributed by atoms with Crippen LogP contribution in [0.25, 0.3) is 11.4 Å². The van der Waals surface area contributed by atoms with Crippen molar-refractivity contribution in [2.75, 3.05) is 11.9 Å². The SMILES string of the molecule is CN1C(=CC(=O)Cn2nnc(-c3ccccc3)n2)C(C)(C)c2ccccc21. The number of allylic oxidation sites excluding steroid dienone is 2. The summed E-state index contributed by atoms with van der Waals surface area (Å²) in [5.74, 6) is 0.455. The van der Waals surface area contributed by atoms with Gasteiger partial charge in [-0.3, -0.25) is 4.79 Å². The Labute approximate surface area is 158 Å². The van der Waals surface area contributed by atoms with Crippen molar-refractivity contribution in [2.24, 2.45) is 0 Å². The number of tetrazole rings is 1. The van der Waals surface area contributed by atoms with Gasteiger partial charge in [0.15, 0.2) is 5.78 Å². The number of hydrogen-bond donors (Lipinski definition) is 0. The van der Waals surface area contributed by atoms with Gasteiger partial charge in [0, 0.05) is 35.5 Å². The molecule has 0 spiro atoms. The molecule has 6 nitrogen and oxygen atoms in total. The van der Waals surface area contributed by atoms with Gasteiger partial charge in [-0.2, -0.15) is 4.80 Å². The summed E-state index contributed by atoms with van der Waals surface area (Å²) in [6.45, 7) is 4.33. The number of carbonyl (C=O) groups is 1. The maximum atomic E-state index is 12.7. The van der Waals surface area contributed by atoms with Crippen LogP contribution in [0, 0.1) is 0 Å². The van der Waals surface area contributed by atoms with Gasteiger partial charge in [0.2, 0.25) is 5.82 Å². The van der Waals surface area contributed by atoms with Crippen molar-refractivity contribution in [3.05, 3.63) is 71.9 Å². The van der Waals surface area contributed by atoms with E-state index in [9.17, 15) is 4.79 Å². The minimum absolute atomic E-state index is 0.0591. The molecule has 3 aromatic rings. The van der Waals surface area contributed by atoms with Gasteiger partial charge in [-0.05, 0) is 16.8 Å². The predicted molar refractivity (Wildman–Crippen MR) is 104 cm³/mol. The van der Waals surface area contributed by atoms with Gasteiger partial charge in [-0.15, -0.1) is 10.2 Å². The van der Waals surface area contributed by atoms with Gasteiger partial charge >= 0.3 is 0 Å². The van der Waals surface area contributed by atoms with Gasteiger partial charge < -0.3 is 4.90 Å². The average molecular weight is 359 g/mol. The third kappa shape index (κ3) is 3.03. The number of nitrogens with zero attached hydrogens (tertiary/aromatic N) is 5. The molecule has 0 amide bonds. The highest BCUT2D eigenvalue weighted by Gasteiger charge is 2.38. The standard InChI is InChI=1S/C21H21N5O/c1-21(2)17-11-7-8-12-18(17)25(3)19(21)13-16(27)14-26-23-20(22-24-26)15-9-5-4-6-10-15/h4-13H,14H2,1-3H3. The summed E-state index contributed by atoms with van der Waals surface area (Å²) in [6, 6.07) is 17.8. The quantitative estimate of drug-likeness (QED) is 0.669. The largest absolute Gasteiger partial charge is 0.347 e. The van der Waals surface area contributed by atoms with Crippen LogP contribution in [0.15, 0.2) is 66.4 Å². The molecule has 27 heavy (non-hydrogen) atoms. The number of likely N-dealkylation sites (N-methyl/N-ethyl adjacent to an activating group) is 1. The summed E-state index contributed by atoms with van der Waals surface area (Å²) in [5.41, 5.74) is 3.97. The minimum Gasteiger partial charge on any atom is -0.347 e. The number of fused-ring (bicyclic) bond motifs is 1. The van der Waals surface area contributed by atoms with E-state index in [-0.39, 0.29) is 17.7 Å². The number of benzene rings is 2. The molecule has 0 N–H and O–H groups in total. The van der Waals surface area contributed by atoms with E-state index in [2.05, 4.69) is 46.3 Å². The zero-order valence-electron chi connectivity index (χ0n) is 15.6. The van der Waals surface area contributed by atoms with Crippen molar-refractivity contribution in [3.8, 4) is 11.4 Å². The molecule has 0 saturated carbocycles. The number of rotatable bonds is 4. The van der Waals surface area contributed by atoms with Crippen LogP contribution in [0.2, 0.25) is 0 Å². The van der Waals surface area contributed by atoms with Crippen LogP contribution in [0.1, 0.15) is 19.4 Å². The molecule has 0 fully saturated rings. The van der Waals surface area contributed by atoms with Crippen LogP contribution in [0.5, 0.6) is 0 Å². The molecule has 0 unspecified atom stereocenters. The van der Waals surface area contributed by atoms with Crippen LogP contribution in [-0.4, -0.2) is 33.0 Å². The van der Waals surface area contributed by atoms with Crippen molar-refractivity contribution < 1.29 is 4.79 Å². The maximum absolute atomic E-state index is 12.7. The first-order chi connectivity index (χ1) is 13.0. The second-order valence-electron chi connectivity index (χ2n) is 7.21. The molecule has 0 saturated heterocycles. The molecule has 2 aromatic carbocycles. The molecule has 6 heteroatoms. The number of ketones is 1. The summed E-state index contributed by atoms with van der Waals surface area (Å²) in [5, 5.41) is 12.4. The van der Waals surface area contributed by atoms with Crippen molar-refractivity contribution >= 4 is 11.5 Å². The molecular formula is C21H21N5O. The van der Waals surface area contributed by atoms with E-state index in [0.717, 1.165) is 16.9 Å². The van der Waals surface area contributed by atoms with Crippen molar-refractivity contribution in [2.45, 2.75) is 25.8 Å². The van der Waals surface area contributed by atoms with Crippen molar-refractivity contribution in [3.63, 3.8) is 0 Å². The van der Waals surface area contributed by atoms with Gasteiger partial charge in [0.05, 0.1) is 0 Å². The van der Waals surface area contributed by atoms with E-state index >= 15 is 0 Å². The number of carbonyl (C=O) groups excluding carboxylic acids is 1. The fourth-order valence-corrected chi connectivity index (χ4v) is 3.61. The van der Waals surface area contributed by atoms with E-state index in [4.69, 9.17) is 0 Å². The Morgan fingerprint density at radius 2 is 1.78 bits per heavy atom. The number of aromatic nitrogens is 4. The smallest absolute Gasteiger partial charge is 0.204 e. The lowest BCUT2D eigenvalue weighted by atomic mass is 9.83. The van der Waals surface area contributed by atoms with Crippen LogP contribution in [-0.2, 0) is 16.8 Å². The first-order valence-corrected chi connectivity index (χ1v) is 8.88. The highest BCUT2D eigenvalue weighted by atomic mass is 16.1. The Bertz CT molecular complexity index is 1020. The Kier molecular flexibility index (Phi) is 4.11. The van der Waals surface area contributed by atoms with E-state index in [1.807, 2.05) is 49.5 Å². The normalized spacial score (nSPS) is 16.6. The fourth-order valence-electron chi connectivity index (χ4n) is 3.61. The lowest BCUT2D eigenvalue weighted by Crippen LogP contribution is -2.25. The third-order valence-electron chi connectivity index (χ3n) is 5.02. The molecule has 136 valence electrons. The summed E-state index contributed by atoms with van der Waals surface area (Å²) < 4.78 is 0. The van der Waals surface area contributed by atoms with Gasteiger partial charge in [-0.25, -0.2) is 0 Å². The molecule has 1 aromatic heterocycles. The first kappa shape index (κ1) is 17.1. The lowest BCUT2D eigenvalue weighted by Gasteiger charge is -2.23. The Morgan fingerprint density at radius 3 is 2.52 bits per heavy atom. The fraction of sp³-hybridized carbons (Fsp3) is 0.238. The molecule has 0 radical (unpaired) electrons. The lowest BCUT2D eigenvalue weighted by molar-refractivity contribution is -0.115. The second kappa shape index (κ2) is 6.46. The maximum Gasteiger partial charge on any atom is 0.204 e. The number of para-hydroxylation sites is 1. The summed E-state index contributed by atoms with van der Waals surface area (Å²) in [4.78, 5) is 16.1. The zero-order valence-corrected chi connectivity index (χ0v) is 15.6. The molecule has 0 bridgehead atoms. The van der Waals surface area contributed by atoms with Crippen LogP contribution < -0.4 is 4.90 Å². The predicted octanol–water partition coefficient (Wildman–Crippen LogP) is 3.22. The molecule has 0 aliphatic carbocycles. The monoisotopic (exact) mass is 359 g/mol. The zero-order chi connectivity index (χ0) is 19.0. The topological polar surface area (TPSA) is 63.9 Å². The number of hydrogen-bond acceptors (Lipinski definition) is 5. The Hall–Kier alpha value is -3.28. The molecule has 0 atom stereocenters. The van der Waals surface area contributed by atoms with Gasteiger partial charge in [-0.1, -0.05) is 62.4 Å². The van der Waals surface area contributed by atoms with Gasteiger partial charge in [0.25, 0.3) is 0 Å². The molecule has 4 rings (SSSR count). The third-order valence-corrected chi connectivity index (χ3v) is 5.02. The summed E-state index contributed by atoms with van der Waals surface area (Å²) in [7, 11) is 1.99. The molecular weight excluding hydrogens is 338 g/mol. The van der Waals surface area contributed by atoms with Crippen LogP contribution in [0.3, 0.4) is 0 Å². The summed E-state index contributed by atoms with van der Waals surface area (Å²) in [6.07, 6.45) is 1.70. The molecule has 2 heterocycles. The minimum atomic E-state index is -0.230.